The van der Waals surface area contributed by atoms with Crippen LogP contribution in [0, 0.1) is 11.3 Å². The van der Waals surface area contributed by atoms with Crippen molar-refractivity contribution >= 4 is 16.0 Å². The Kier molecular flexibility index (Phi) is 5.93. The van der Waals surface area contributed by atoms with E-state index in [4.69, 9.17) is 10.4 Å². The maximum absolute atomic E-state index is 12.5. The van der Waals surface area contributed by atoms with Crippen LogP contribution in [0.4, 0.5) is 0 Å². The molecule has 0 bridgehead atoms. The number of aromatic nitrogens is 1. The summed E-state index contributed by atoms with van der Waals surface area (Å²) in [7, 11) is -3.78. The van der Waals surface area contributed by atoms with E-state index in [0.29, 0.717) is 13.0 Å². The Labute approximate surface area is 124 Å². The summed E-state index contributed by atoms with van der Waals surface area (Å²) in [5.41, 5.74) is -0.0493. The third-order valence-electron chi connectivity index (χ3n) is 3.02. The van der Waals surface area contributed by atoms with Crippen molar-refractivity contribution in [2.45, 2.75) is 38.1 Å². The summed E-state index contributed by atoms with van der Waals surface area (Å²) < 4.78 is 27.5. The number of sulfonamides is 1. The van der Waals surface area contributed by atoms with Crippen molar-refractivity contribution in [3.63, 3.8) is 0 Å². The minimum atomic E-state index is -3.78. The van der Waals surface area contributed by atoms with E-state index in [1.54, 1.807) is 6.92 Å². The Balaban J connectivity index is 3.22. The third kappa shape index (κ3) is 3.83. The minimum absolute atomic E-state index is 0.0480. The van der Waals surface area contributed by atoms with Crippen molar-refractivity contribution in [1.82, 2.24) is 8.87 Å². The van der Waals surface area contributed by atoms with Gasteiger partial charge in [-0.05, 0) is 12.5 Å². The molecule has 7 nitrogen and oxygen atoms in total. The maximum atomic E-state index is 12.5. The minimum Gasteiger partial charge on any atom is -0.477 e. The largest absolute Gasteiger partial charge is 0.477 e. The van der Waals surface area contributed by atoms with Crippen LogP contribution in [0.2, 0.25) is 0 Å². The summed E-state index contributed by atoms with van der Waals surface area (Å²) in [4.78, 5) is 11.1. The summed E-state index contributed by atoms with van der Waals surface area (Å²) in [5.74, 6) is -1.16. The monoisotopic (exact) mass is 313 g/mol. The van der Waals surface area contributed by atoms with E-state index in [2.05, 4.69) is 0 Å². The molecular formula is C13H19N3O4S. The number of hydrogen-bond donors (Lipinski definition) is 1. The van der Waals surface area contributed by atoms with E-state index in [1.165, 1.54) is 21.1 Å². The summed E-state index contributed by atoms with van der Waals surface area (Å²) in [6.45, 7) is 4.31. The van der Waals surface area contributed by atoms with Gasteiger partial charge in [0, 0.05) is 32.3 Å². The highest BCUT2D eigenvalue weighted by Crippen LogP contribution is 2.20. The van der Waals surface area contributed by atoms with Crippen LogP contribution in [0.1, 0.15) is 37.2 Å². The van der Waals surface area contributed by atoms with Gasteiger partial charge in [-0.25, -0.2) is 13.2 Å². The summed E-state index contributed by atoms with van der Waals surface area (Å²) in [6, 6.07) is 3.07. The van der Waals surface area contributed by atoms with Crippen molar-refractivity contribution in [3.8, 4) is 6.07 Å². The number of carbonyl (C=O) groups is 1. The lowest BCUT2D eigenvalue weighted by Crippen LogP contribution is -2.31. The zero-order chi connectivity index (χ0) is 16.0. The van der Waals surface area contributed by atoms with Crippen molar-refractivity contribution in [2.24, 2.45) is 0 Å². The second kappa shape index (κ2) is 7.24. The van der Waals surface area contributed by atoms with E-state index in [9.17, 15) is 13.2 Å². The van der Waals surface area contributed by atoms with E-state index in [-0.39, 0.29) is 30.1 Å². The van der Waals surface area contributed by atoms with Gasteiger partial charge in [-0.15, -0.1) is 0 Å². The summed E-state index contributed by atoms with van der Waals surface area (Å²) in [5, 5.41) is 17.7. The van der Waals surface area contributed by atoms with Gasteiger partial charge in [0.1, 0.15) is 10.6 Å². The molecule has 1 heterocycles. The third-order valence-corrected chi connectivity index (χ3v) is 4.96. The second-order valence-electron chi connectivity index (χ2n) is 4.46. The molecule has 1 aromatic heterocycles. The highest BCUT2D eigenvalue weighted by molar-refractivity contribution is 7.89. The van der Waals surface area contributed by atoms with Crippen molar-refractivity contribution in [2.75, 3.05) is 13.1 Å². The van der Waals surface area contributed by atoms with Gasteiger partial charge in [0.15, 0.2) is 0 Å². The van der Waals surface area contributed by atoms with E-state index in [1.807, 2.05) is 13.0 Å². The number of rotatable bonds is 8. The molecule has 1 rings (SSSR count). The summed E-state index contributed by atoms with van der Waals surface area (Å²) >= 11 is 0. The molecule has 0 atom stereocenters. The molecule has 0 saturated carbocycles. The predicted molar refractivity (Wildman–Crippen MR) is 76.3 cm³/mol. The number of nitriles is 1. The highest BCUT2D eigenvalue weighted by Gasteiger charge is 2.26. The first kappa shape index (κ1) is 17.2. The molecule has 1 aromatic rings. The average Bonchev–Trinajstić information content (AvgIpc) is 2.85. The lowest BCUT2D eigenvalue weighted by molar-refractivity contribution is 0.0685. The van der Waals surface area contributed by atoms with Crippen molar-refractivity contribution < 1.29 is 18.3 Å². The molecule has 0 fully saturated rings. The molecule has 0 aliphatic rings. The molecule has 8 heteroatoms. The second-order valence-corrected chi connectivity index (χ2v) is 6.40. The van der Waals surface area contributed by atoms with Crippen LogP contribution in [-0.2, 0) is 16.6 Å². The van der Waals surface area contributed by atoms with Crippen LogP contribution in [-0.4, -0.2) is 41.5 Å². The first-order chi connectivity index (χ1) is 9.88. The molecule has 0 aliphatic carbocycles. The molecule has 0 spiro atoms. The van der Waals surface area contributed by atoms with Crippen LogP contribution in [0.5, 0.6) is 0 Å². The van der Waals surface area contributed by atoms with Gasteiger partial charge >= 0.3 is 5.97 Å². The number of aromatic carboxylic acids is 1. The molecule has 0 unspecified atom stereocenters. The summed E-state index contributed by atoms with van der Waals surface area (Å²) in [6.07, 6.45) is 2.13. The Hall–Kier alpha value is -1.85. The van der Waals surface area contributed by atoms with Gasteiger partial charge in [-0.2, -0.15) is 9.57 Å². The van der Waals surface area contributed by atoms with Crippen LogP contribution in [0.25, 0.3) is 0 Å². The Bertz CT molecular complexity index is 643. The number of carboxylic acid groups (broad SMARTS) is 1. The number of carboxylic acids is 1. The zero-order valence-corrected chi connectivity index (χ0v) is 12.9. The Morgan fingerprint density at radius 3 is 2.62 bits per heavy atom. The van der Waals surface area contributed by atoms with Gasteiger partial charge in [0.2, 0.25) is 10.0 Å². The van der Waals surface area contributed by atoms with Crippen molar-refractivity contribution in [1.29, 1.82) is 5.26 Å². The standard InChI is InChI=1S/C13H19N3O4S/c1-3-7-15-10-11(9-12(15)13(17)18)21(19,20)16(4-2)8-5-6-14/h9-10H,3-5,7-8H2,1-2H3,(H,17,18). The molecular weight excluding hydrogens is 294 g/mol. The van der Waals surface area contributed by atoms with E-state index < -0.39 is 16.0 Å². The Morgan fingerprint density at radius 1 is 1.48 bits per heavy atom. The van der Waals surface area contributed by atoms with Gasteiger partial charge < -0.3 is 9.67 Å². The number of hydrogen-bond acceptors (Lipinski definition) is 4. The molecule has 116 valence electrons. The molecule has 0 radical (unpaired) electrons. The van der Waals surface area contributed by atoms with Gasteiger partial charge in [0.25, 0.3) is 0 Å². The molecule has 0 aromatic carbocycles. The topological polar surface area (TPSA) is 103 Å². The first-order valence-electron chi connectivity index (χ1n) is 6.69. The fourth-order valence-electron chi connectivity index (χ4n) is 2.00. The fourth-order valence-corrected chi connectivity index (χ4v) is 3.49. The maximum Gasteiger partial charge on any atom is 0.352 e. The fraction of sp³-hybridized carbons (Fsp3) is 0.538. The number of aryl methyl sites for hydroxylation is 1. The van der Waals surface area contributed by atoms with Crippen LogP contribution < -0.4 is 0 Å². The quantitative estimate of drug-likeness (QED) is 0.783. The van der Waals surface area contributed by atoms with Gasteiger partial charge in [-0.1, -0.05) is 13.8 Å². The zero-order valence-electron chi connectivity index (χ0n) is 12.1. The van der Waals surface area contributed by atoms with Crippen LogP contribution in [0.3, 0.4) is 0 Å². The van der Waals surface area contributed by atoms with Gasteiger partial charge in [0.05, 0.1) is 6.07 Å². The van der Waals surface area contributed by atoms with E-state index in [0.717, 1.165) is 0 Å². The lowest BCUT2D eigenvalue weighted by atomic mass is 10.4. The van der Waals surface area contributed by atoms with Gasteiger partial charge in [-0.3, -0.25) is 0 Å². The average molecular weight is 313 g/mol. The SMILES string of the molecule is CCCn1cc(S(=O)(=O)N(CC)CCC#N)cc1C(=O)O. The molecule has 21 heavy (non-hydrogen) atoms. The Morgan fingerprint density at radius 2 is 2.14 bits per heavy atom. The predicted octanol–water partition coefficient (Wildman–Crippen LogP) is 1.52. The van der Waals surface area contributed by atoms with Crippen LogP contribution in [0.15, 0.2) is 17.2 Å². The molecule has 0 amide bonds. The number of nitrogens with zero attached hydrogens (tertiary/aromatic N) is 3. The lowest BCUT2D eigenvalue weighted by Gasteiger charge is -2.18. The van der Waals surface area contributed by atoms with Crippen LogP contribution >= 0.6 is 0 Å². The van der Waals surface area contributed by atoms with E-state index >= 15 is 0 Å². The molecule has 0 saturated heterocycles. The normalized spacial score (nSPS) is 11.5. The van der Waals surface area contributed by atoms with Crippen molar-refractivity contribution in [3.05, 3.63) is 18.0 Å². The smallest absolute Gasteiger partial charge is 0.352 e. The highest BCUT2D eigenvalue weighted by atomic mass is 32.2. The first-order valence-corrected chi connectivity index (χ1v) is 8.13. The molecule has 0 aliphatic heterocycles. The molecule has 1 N–H and O–H groups in total.